The third-order valence-corrected chi connectivity index (χ3v) is 4.07. The van der Waals surface area contributed by atoms with Crippen molar-refractivity contribution in [2.75, 3.05) is 26.2 Å². The minimum absolute atomic E-state index is 0.0655. The summed E-state index contributed by atoms with van der Waals surface area (Å²) in [5.41, 5.74) is 0. The van der Waals surface area contributed by atoms with Gasteiger partial charge in [0.05, 0.1) is 13.0 Å². The van der Waals surface area contributed by atoms with Crippen molar-refractivity contribution in [2.45, 2.75) is 25.4 Å². The third-order valence-electron chi connectivity index (χ3n) is 4.07. The van der Waals surface area contributed by atoms with E-state index in [0.717, 1.165) is 4.90 Å². The Morgan fingerprint density at radius 2 is 1.80 bits per heavy atom. The molecule has 0 bridgehead atoms. The van der Waals surface area contributed by atoms with Gasteiger partial charge in [-0.3, -0.25) is 9.59 Å². The zero-order chi connectivity index (χ0) is 18.3. The van der Waals surface area contributed by atoms with E-state index in [1.807, 2.05) is 18.2 Å². The summed E-state index contributed by atoms with van der Waals surface area (Å²) in [6, 6.07) is 9.14. The highest BCUT2D eigenvalue weighted by Crippen LogP contribution is 2.23. The topological polar surface area (TPSA) is 58.6 Å². The largest absolute Gasteiger partial charge is 0.493 e. The number of carbonyl (C=O) groups excluding carboxylic acids is 2. The Hall–Kier alpha value is -2.25. The molecule has 0 unspecified atom stereocenters. The number of hydrogen-bond donors (Lipinski definition) is 1. The van der Waals surface area contributed by atoms with Crippen LogP contribution in [0.5, 0.6) is 5.75 Å². The number of benzene rings is 1. The van der Waals surface area contributed by atoms with E-state index < -0.39 is 12.1 Å². The van der Waals surface area contributed by atoms with Gasteiger partial charge in [-0.05, 0) is 30.9 Å². The molecular formula is C17H21F3N2O3. The van der Waals surface area contributed by atoms with Crippen molar-refractivity contribution in [1.82, 2.24) is 10.2 Å². The molecule has 0 saturated carbocycles. The number of alkyl halides is 3. The Bertz CT molecular complexity index is 570. The fraction of sp³-hybridized carbons (Fsp3) is 0.529. The third kappa shape index (κ3) is 6.28. The van der Waals surface area contributed by atoms with Gasteiger partial charge in [0.1, 0.15) is 5.75 Å². The number of rotatable bonds is 6. The van der Waals surface area contributed by atoms with Crippen molar-refractivity contribution in [1.29, 1.82) is 0 Å². The molecule has 138 valence electrons. The van der Waals surface area contributed by atoms with E-state index in [4.69, 9.17) is 4.74 Å². The molecule has 1 aromatic carbocycles. The molecule has 0 aromatic heterocycles. The van der Waals surface area contributed by atoms with Crippen LogP contribution >= 0.6 is 0 Å². The van der Waals surface area contributed by atoms with Gasteiger partial charge < -0.3 is 15.0 Å². The summed E-state index contributed by atoms with van der Waals surface area (Å²) in [7, 11) is 0. The summed E-state index contributed by atoms with van der Waals surface area (Å²) < 4.78 is 42.5. The van der Waals surface area contributed by atoms with Gasteiger partial charge in [0.15, 0.2) is 0 Å². The van der Waals surface area contributed by atoms with E-state index >= 15 is 0 Å². The van der Waals surface area contributed by atoms with Crippen LogP contribution in [0.3, 0.4) is 0 Å². The Kier molecular flexibility index (Phi) is 6.66. The lowest BCUT2D eigenvalue weighted by Crippen LogP contribution is -2.46. The number of nitrogens with zero attached hydrogens (tertiary/aromatic N) is 1. The summed E-state index contributed by atoms with van der Waals surface area (Å²) in [4.78, 5) is 23.7. The maximum absolute atomic E-state index is 12.4. The number of ether oxygens (including phenoxy) is 1. The second-order valence-corrected chi connectivity index (χ2v) is 5.95. The van der Waals surface area contributed by atoms with Crippen molar-refractivity contribution in [2.24, 2.45) is 5.92 Å². The first kappa shape index (κ1) is 19.1. The monoisotopic (exact) mass is 358 g/mol. The van der Waals surface area contributed by atoms with Crippen molar-refractivity contribution in [3.63, 3.8) is 0 Å². The van der Waals surface area contributed by atoms with Gasteiger partial charge in [-0.15, -0.1) is 0 Å². The van der Waals surface area contributed by atoms with Gasteiger partial charge in [-0.25, -0.2) is 0 Å². The normalized spacial score (nSPS) is 15.7. The van der Waals surface area contributed by atoms with Gasteiger partial charge in [0, 0.05) is 19.6 Å². The van der Waals surface area contributed by atoms with Crippen LogP contribution in [0.4, 0.5) is 13.2 Å². The predicted molar refractivity (Wildman–Crippen MR) is 84.9 cm³/mol. The van der Waals surface area contributed by atoms with Gasteiger partial charge in [-0.2, -0.15) is 13.2 Å². The molecule has 0 spiro atoms. The molecule has 1 heterocycles. The number of hydrogen-bond acceptors (Lipinski definition) is 3. The SMILES string of the molecule is O=C(CCOc1ccccc1)NCC1CCN(C(=O)C(F)(F)F)CC1. The van der Waals surface area contributed by atoms with Gasteiger partial charge in [-0.1, -0.05) is 18.2 Å². The van der Waals surface area contributed by atoms with E-state index in [1.165, 1.54) is 0 Å². The van der Waals surface area contributed by atoms with E-state index in [2.05, 4.69) is 5.32 Å². The van der Waals surface area contributed by atoms with Crippen LogP contribution in [0.25, 0.3) is 0 Å². The number of carbonyl (C=O) groups is 2. The highest BCUT2D eigenvalue weighted by molar-refractivity contribution is 5.81. The first-order valence-corrected chi connectivity index (χ1v) is 8.17. The molecule has 1 fully saturated rings. The minimum atomic E-state index is -4.82. The average molecular weight is 358 g/mol. The number of piperidine rings is 1. The molecule has 1 aliphatic heterocycles. The molecule has 0 aliphatic carbocycles. The lowest BCUT2D eigenvalue weighted by molar-refractivity contribution is -0.186. The quantitative estimate of drug-likeness (QED) is 0.849. The molecule has 1 N–H and O–H groups in total. The Morgan fingerprint density at radius 1 is 1.16 bits per heavy atom. The molecular weight excluding hydrogens is 337 g/mol. The van der Waals surface area contributed by atoms with Crippen molar-refractivity contribution in [3.05, 3.63) is 30.3 Å². The van der Waals surface area contributed by atoms with Crippen LogP contribution in [-0.2, 0) is 9.59 Å². The van der Waals surface area contributed by atoms with Crippen LogP contribution in [-0.4, -0.2) is 49.1 Å². The van der Waals surface area contributed by atoms with E-state index in [1.54, 1.807) is 12.1 Å². The summed E-state index contributed by atoms with van der Waals surface area (Å²) in [5, 5.41) is 2.77. The summed E-state index contributed by atoms with van der Waals surface area (Å²) >= 11 is 0. The fourth-order valence-corrected chi connectivity index (χ4v) is 2.64. The van der Waals surface area contributed by atoms with Crippen molar-refractivity contribution < 1.29 is 27.5 Å². The first-order chi connectivity index (χ1) is 11.9. The zero-order valence-electron chi connectivity index (χ0n) is 13.7. The Labute approximate surface area is 144 Å². The summed E-state index contributed by atoms with van der Waals surface area (Å²) in [6.45, 7) is 0.790. The molecule has 1 aliphatic rings. The van der Waals surface area contributed by atoms with Gasteiger partial charge >= 0.3 is 12.1 Å². The Morgan fingerprint density at radius 3 is 2.40 bits per heavy atom. The standard InChI is InChI=1S/C17H21F3N2O3/c18-17(19,20)16(24)22-9-6-13(7-10-22)12-21-15(23)8-11-25-14-4-2-1-3-5-14/h1-5,13H,6-12H2,(H,21,23). The van der Waals surface area contributed by atoms with Crippen LogP contribution in [0.1, 0.15) is 19.3 Å². The van der Waals surface area contributed by atoms with Crippen LogP contribution in [0.15, 0.2) is 30.3 Å². The maximum atomic E-state index is 12.4. The number of likely N-dealkylation sites (tertiary alicyclic amines) is 1. The maximum Gasteiger partial charge on any atom is 0.471 e. The van der Waals surface area contributed by atoms with E-state index in [0.29, 0.717) is 25.1 Å². The molecule has 2 rings (SSSR count). The fourth-order valence-electron chi connectivity index (χ4n) is 2.64. The molecule has 25 heavy (non-hydrogen) atoms. The average Bonchev–Trinajstić information content (AvgIpc) is 2.60. The number of amides is 2. The van der Waals surface area contributed by atoms with E-state index in [9.17, 15) is 22.8 Å². The molecule has 1 saturated heterocycles. The van der Waals surface area contributed by atoms with Gasteiger partial charge in [0.25, 0.3) is 0 Å². The van der Waals surface area contributed by atoms with Gasteiger partial charge in [0.2, 0.25) is 5.91 Å². The highest BCUT2D eigenvalue weighted by atomic mass is 19.4. The predicted octanol–water partition coefficient (Wildman–Crippen LogP) is 2.37. The molecule has 8 heteroatoms. The molecule has 5 nitrogen and oxygen atoms in total. The van der Waals surface area contributed by atoms with Crippen LogP contribution in [0.2, 0.25) is 0 Å². The second kappa shape index (κ2) is 8.73. The smallest absolute Gasteiger partial charge is 0.471 e. The number of para-hydroxylation sites is 1. The first-order valence-electron chi connectivity index (χ1n) is 8.17. The van der Waals surface area contributed by atoms with Crippen LogP contribution < -0.4 is 10.1 Å². The second-order valence-electron chi connectivity index (χ2n) is 5.95. The zero-order valence-corrected chi connectivity index (χ0v) is 13.7. The molecule has 0 radical (unpaired) electrons. The lowest BCUT2D eigenvalue weighted by Gasteiger charge is -2.32. The summed E-state index contributed by atoms with van der Waals surface area (Å²) in [6.07, 6.45) is -3.72. The summed E-state index contributed by atoms with van der Waals surface area (Å²) in [5.74, 6) is -1.17. The van der Waals surface area contributed by atoms with E-state index in [-0.39, 0.29) is 37.9 Å². The molecule has 2 amide bonds. The number of halogens is 3. The van der Waals surface area contributed by atoms with Crippen LogP contribution in [0, 0.1) is 5.92 Å². The highest BCUT2D eigenvalue weighted by Gasteiger charge is 2.43. The number of nitrogens with one attached hydrogen (secondary N) is 1. The Balaban J connectivity index is 1.61. The lowest BCUT2D eigenvalue weighted by atomic mass is 9.96. The molecule has 0 atom stereocenters. The van der Waals surface area contributed by atoms with Crippen molar-refractivity contribution in [3.8, 4) is 5.75 Å². The molecule has 1 aromatic rings. The van der Waals surface area contributed by atoms with Crippen molar-refractivity contribution >= 4 is 11.8 Å². The minimum Gasteiger partial charge on any atom is -0.493 e.